The van der Waals surface area contributed by atoms with Gasteiger partial charge in [-0.2, -0.15) is 8.78 Å². The Hall–Kier alpha value is -3.33. The van der Waals surface area contributed by atoms with Gasteiger partial charge in [-0.25, -0.2) is 0 Å². The van der Waals surface area contributed by atoms with E-state index < -0.39 is 77.9 Å². The number of fused-ring (bicyclic) bond motifs is 1. The Morgan fingerprint density at radius 1 is 1.34 bits per heavy atom. The van der Waals surface area contributed by atoms with Crippen molar-refractivity contribution in [2.45, 2.75) is 37.8 Å². The summed E-state index contributed by atoms with van der Waals surface area (Å²) in [5.41, 5.74) is -1.27. The average Bonchev–Trinajstić information content (AvgIpc) is 3.22. The van der Waals surface area contributed by atoms with Crippen molar-refractivity contribution in [1.82, 2.24) is 15.5 Å². The van der Waals surface area contributed by atoms with Gasteiger partial charge in [0.05, 0.1) is 4.11 Å². The Balaban J connectivity index is 1.62. The van der Waals surface area contributed by atoms with Crippen LogP contribution >= 0.6 is 11.6 Å². The van der Waals surface area contributed by atoms with E-state index >= 15 is 0 Å². The Morgan fingerprint density at radius 3 is 2.78 bits per heavy atom. The number of alkyl halides is 2. The molecule has 10 heteroatoms. The molecule has 2 atom stereocenters. The zero-order valence-corrected chi connectivity index (χ0v) is 16.9. The van der Waals surface area contributed by atoms with Crippen molar-refractivity contribution >= 4 is 35.2 Å². The van der Waals surface area contributed by atoms with Crippen LogP contribution in [0.25, 0.3) is 0 Å². The lowest BCUT2D eigenvalue weighted by molar-refractivity contribution is -0.147. The number of halogens is 3. The fraction of sp³-hybridized carbons (Fsp3) is 0.273. The largest absolute Gasteiger partial charge is 0.349 e. The molecule has 2 heterocycles. The van der Waals surface area contributed by atoms with Gasteiger partial charge in [-0.15, -0.1) is 0 Å². The summed E-state index contributed by atoms with van der Waals surface area (Å²) < 4.78 is 77.8. The smallest absolute Gasteiger partial charge is 0.346 e. The fourth-order valence-electron chi connectivity index (χ4n) is 3.28. The van der Waals surface area contributed by atoms with Crippen LogP contribution in [0, 0.1) is 0 Å². The summed E-state index contributed by atoms with van der Waals surface area (Å²) in [6.07, 6.45) is -2.34. The zero-order chi connectivity index (χ0) is 28.4. The van der Waals surface area contributed by atoms with Gasteiger partial charge < -0.3 is 10.2 Å². The van der Waals surface area contributed by atoms with Crippen LogP contribution < -0.4 is 10.6 Å². The van der Waals surface area contributed by atoms with Gasteiger partial charge in [0.15, 0.2) is 2.82 Å². The monoisotopic (exact) mass is 467 g/mol. The van der Waals surface area contributed by atoms with Gasteiger partial charge in [-0.3, -0.25) is 24.5 Å². The van der Waals surface area contributed by atoms with Crippen LogP contribution in [0.3, 0.4) is 0 Å². The predicted molar refractivity (Wildman–Crippen MR) is 110 cm³/mol. The lowest BCUT2D eigenvalue weighted by atomic mass is 10.0. The highest BCUT2D eigenvalue weighted by Gasteiger charge is 2.41. The lowest BCUT2D eigenvalue weighted by Crippen LogP contribution is -2.52. The molecule has 2 unspecified atom stereocenters. The predicted octanol–water partition coefficient (Wildman–Crippen LogP) is 2.51. The molecule has 0 aromatic heterocycles. The van der Waals surface area contributed by atoms with Crippen LogP contribution in [0.5, 0.6) is 0 Å². The molecule has 4 rings (SSSR count). The normalized spacial score (nSPS) is 26.5. The molecule has 0 radical (unpaired) electrons. The van der Waals surface area contributed by atoms with E-state index in [9.17, 15) is 28.0 Å². The quantitative estimate of drug-likeness (QED) is 0.660. The Bertz CT molecular complexity index is 1370. The number of hydrogen-bond acceptors (Lipinski definition) is 4. The fourth-order valence-corrected chi connectivity index (χ4v) is 3.41. The van der Waals surface area contributed by atoms with Gasteiger partial charge in [-0.05, 0) is 35.7 Å². The van der Waals surface area contributed by atoms with Crippen molar-refractivity contribution in [3.63, 3.8) is 0 Å². The van der Waals surface area contributed by atoms with Crippen LogP contribution in [-0.4, -0.2) is 34.5 Å². The number of imide groups is 1. The maximum absolute atomic E-state index is 14.8. The maximum atomic E-state index is 14.8. The Morgan fingerprint density at radius 2 is 2.06 bits per heavy atom. The third kappa shape index (κ3) is 4.08. The summed E-state index contributed by atoms with van der Waals surface area (Å²) in [5, 5.41) is -0.525. The molecule has 0 bridgehead atoms. The molecule has 0 aliphatic carbocycles. The SMILES string of the molecule is [2H]C1CC([2H])(N2Cc3cc(C([2H])([2H])N([2H])C(=O)C(F)(F)c4ccc(Cl)cc4)ccc3C2=O)C(=O)N([2H])C1=O. The van der Waals surface area contributed by atoms with E-state index in [0.29, 0.717) is 0 Å². The van der Waals surface area contributed by atoms with E-state index in [1.807, 2.05) is 0 Å². The van der Waals surface area contributed by atoms with E-state index in [1.54, 1.807) is 0 Å². The number of benzene rings is 2. The van der Waals surface area contributed by atoms with Gasteiger partial charge in [0.1, 0.15) is 6.02 Å². The van der Waals surface area contributed by atoms with Crippen molar-refractivity contribution in [3.05, 3.63) is 69.7 Å². The van der Waals surface area contributed by atoms with E-state index in [-0.39, 0.29) is 21.5 Å². The molecule has 1 fully saturated rings. The van der Waals surface area contributed by atoms with E-state index in [1.165, 1.54) is 0 Å². The van der Waals surface area contributed by atoms with Gasteiger partial charge in [-0.1, -0.05) is 35.9 Å². The summed E-state index contributed by atoms with van der Waals surface area (Å²) in [5.74, 6) is -9.78. The van der Waals surface area contributed by atoms with E-state index in [4.69, 9.17) is 19.9 Å². The number of nitrogens with one attached hydrogen (secondary N) is 2. The van der Waals surface area contributed by atoms with Crippen LogP contribution in [-0.2, 0) is 33.3 Å². The number of carbonyl (C=O) groups is 4. The number of piperidine rings is 1. The van der Waals surface area contributed by atoms with Crippen molar-refractivity contribution in [2.24, 2.45) is 0 Å². The molecule has 7 nitrogen and oxygen atoms in total. The maximum Gasteiger partial charge on any atom is 0.349 e. The van der Waals surface area contributed by atoms with Gasteiger partial charge in [0.25, 0.3) is 11.8 Å². The number of amides is 4. The molecule has 0 spiro atoms. The second-order valence-electron chi connectivity index (χ2n) is 6.98. The molecule has 2 aromatic rings. The first-order valence-electron chi connectivity index (χ1n) is 12.2. The van der Waals surface area contributed by atoms with Crippen LogP contribution in [0.15, 0.2) is 42.5 Å². The molecule has 2 aromatic carbocycles. The Labute approximate surface area is 195 Å². The second kappa shape index (κ2) is 8.31. The third-order valence-electron chi connectivity index (χ3n) is 4.93. The molecule has 2 aliphatic heterocycles. The van der Waals surface area contributed by atoms with E-state index in [0.717, 1.165) is 47.4 Å². The van der Waals surface area contributed by atoms with Crippen molar-refractivity contribution in [1.29, 1.82) is 0 Å². The summed E-state index contributed by atoms with van der Waals surface area (Å²) in [7, 11) is 0. The first kappa shape index (κ1) is 15.5. The molecule has 4 amide bonds. The minimum absolute atomic E-state index is 0.0519. The van der Waals surface area contributed by atoms with Crippen LogP contribution in [0.4, 0.5) is 8.78 Å². The van der Waals surface area contributed by atoms with Gasteiger partial charge in [0, 0.05) is 37.0 Å². The van der Waals surface area contributed by atoms with Crippen molar-refractivity contribution in [2.75, 3.05) is 0 Å². The minimum atomic E-state index is -4.27. The average molecular weight is 468 g/mol. The summed E-state index contributed by atoms with van der Waals surface area (Å²) in [6, 6.07) is 4.64. The molecule has 2 aliphatic rings. The molecule has 166 valence electrons. The highest BCUT2D eigenvalue weighted by molar-refractivity contribution is 6.30. The van der Waals surface area contributed by atoms with Crippen LogP contribution in [0.1, 0.15) is 45.3 Å². The summed E-state index contributed by atoms with van der Waals surface area (Å²) in [4.78, 5) is 50.5. The van der Waals surface area contributed by atoms with Crippen LogP contribution in [0.2, 0.25) is 7.85 Å². The highest BCUT2D eigenvalue weighted by Crippen LogP contribution is 2.30. The zero-order valence-electron chi connectivity index (χ0n) is 22.1. The Kier molecular flexibility index (Phi) is 4.02. The number of hydrogen-bond donors (Lipinski definition) is 2. The topological polar surface area (TPSA) is 95.6 Å². The standard InChI is InChI=1S/C22H18ClF2N3O4/c23-15-4-2-14(3-5-15)22(24,25)21(32)26-10-12-1-6-16-13(9-12)11-28(20(16)31)17-7-8-18(29)27-19(17)30/h1-6,9,17H,7-8,10-11H2,(H,26,32)(H,27,29,30)/i8D,10D2,17D/hD2. The number of carbonyl (C=O) groups excluding carboxylic acids is 4. The highest BCUT2D eigenvalue weighted by atomic mass is 35.5. The first-order chi connectivity index (χ1) is 17.5. The molecule has 32 heavy (non-hydrogen) atoms. The number of nitrogens with zero attached hydrogens (tertiary/aromatic N) is 1. The molecule has 2 N–H and O–H groups in total. The summed E-state index contributed by atoms with van der Waals surface area (Å²) in [6.45, 7) is -3.57. The third-order valence-corrected chi connectivity index (χ3v) is 5.18. The van der Waals surface area contributed by atoms with Crippen molar-refractivity contribution in [3.8, 4) is 0 Å². The molecular formula is C22H18ClF2N3O4. The molecular weight excluding hydrogens is 444 g/mol. The molecule has 1 saturated heterocycles. The lowest BCUT2D eigenvalue weighted by Gasteiger charge is -2.29. The van der Waals surface area contributed by atoms with Crippen molar-refractivity contribution < 1.29 is 36.3 Å². The minimum Gasteiger partial charge on any atom is -0.346 e. The second-order valence-corrected chi connectivity index (χ2v) is 7.42. The van der Waals surface area contributed by atoms with Gasteiger partial charge >= 0.3 is 5.92 Å². The van der Waals surface area contributed by atoms with Gasteiger partial charge in [0.2, 0.25) is 11.8 Å². The summed E-state index contributed by atoms with van der Waals surface area (Å²) >= 11 is 5.68. The first-order valence-corrected chi connectivity index (χ1v) is 9.63. The molecule has 0 saturated carbocycles. The number of rotatable bonds is 5. The van der Waals surface area contributed by atoms with E-state index in [2.05, 4.69) is 0 Å².